The Morgan fingerprint density at radius 3 is 1.88 bits per heavy atom. The smallest absolute Gasteiger partial charge is 0.241 e. The van der Waals surface area contributed by atoms with Gasteiger partial charge in [-0.3, -0.25) is 0 Å². The van der Waals surface area contributed by atoms with E-state index in [0.29, 0.717) is 0 Å². The highest BCUT2D eigenvalue weighted by Gasteiger charge is 2.12. The maximum atomic E-state index is 5.66. The molecule has 0 N–H and O–H groups in total. The van der Waals surface area contributed by atoms with Gasteiger partial charge in [-0.1, -0.05) is 57.9 Å². The third kappa shape index (κ3) is 15.8. The molecule has 2 heteroatoms. The third-order valence-electron chi connectivity index (χ3n) is 2.74. The summed E-state index contributed by atoms with van der Waals surface area (Å²) in [6, 6.07) is 0. The normalized spacial score (nSPS) is 12.2. The summed E-state index contributed by atoms with van der Waals surface area (Å²) in [5.74, 6) is 0. The van der Waals surface area contributed by atoms with Crippen LogP contribution in [0.2, 0.25) is 19.6 Å². The molecule has 102 valence electrons. The molecule has 0 aliphatic heterocycles. The average molecular weight is 257 g/mol. The zero-order valence-electron chi connectivity index (χ0n) is 12.4. The SMILES string of the molecule is CCCCCCCCCCC=CO[Si](C)(C)C. The van der Waals surface area contributed by atoms with Crippen LogP contribution in [0.15, 0.2) is 12.3 Å². The summed E-state index contributed by atoms with van der Waals surface area (Å²) in [7, 11) is -1.34. The lowest BCUT2D eigenvalue weighted by molar-refractivity contribution is 0.475. The Kier molecular flexibility index (Phi) is 10.7. The van der Waals surface area contributed by atoms with Crippen molar-refractivity contribution in [3.05, 3.63) is 12.3 Å². The summed E-state index contributed by atoms with van der Waals surface area (Å²) in [4.78, 5) is 0. The second-order valence-electron chi connectivity index (χ2n) is 5.87. The van der Waals surface area contributed by atoms with Gasteiger partial charge in [0.2, 0.25) is 8.32 Å². The first-order valence-corrected chi connectivity index (χ1v) is 10.8. The highest BCUT2D eigenvalue weighted by atomic mass is 28.4. The van der Waals surface area contributed by atoms with Crippen LogP contribution in [0.25, 0.3) is 0 Å². The zero-order chi connectivity index (χ0) is 13.0. The van der Waals surface area contributed by atoms with Crippen LogP contribution in [0.4, 0.5) is 0 Å². The second-order valence-corrected chi connectivity index (χ2v) is 10.3. The van der Waals surface area contributed by atoms with Crippen molar-refractivity contribution in [3.63, 3.8) is 0 Å². The van der Waals surface area contributed by atoms with Crippen molar-refractivity contribution in [1.29, 1.82) is 0 Å². The van der Waals surface area contributed by atoms with Crippen LogP contribution in [0.5, 0.6) is 0 Å². The Morgan fingerprint density at radius 1 is 0.824 bits per heavy atom. The van der Waals surface area contributed by atoms with Crippen LogP contribution in [0.1, 0.15) is 64.7 Å². The van der Waals surface area contributed by atoms with E-state index in [1.165, 1.54) is 57.8 Å². The van der Waals surface area contributed by atoms with Crippen molar-refractivity contribution in [2.75, 3.05) is 0 Å². The fourth-order valence-corrected chi connectivity index (χ4v) is 2.22. The molecule has 0 aromatic carbocycles. The fourth-order valence-electron chi connectivity index (χ4n) is 1.72. The molecule has 1 nitrogen and oxygen atoms in total. The number of rotatable bonds is 11. The van der Waals surface area contributed by atoms with Gasteiger partial charge >= 0.3 is 0 Å². The average Bonchev–Trinajstić information content (AvgIpc) is 2.24. The van der Waals surface area contributed by atoms with E-state index in [1.807, 2.05) is 6.26 Å². The second kappa shape index (κ2) is 10.9. The molecule has 0 atom stereocenters. The molecule has 0 aromatic rings. The lowest BCUT2D eigenvalue weighted by Crippen LogP contribution is -2.21. The Morgan fingerprint density at radius 2 is 1.35 bits per heavy atom. The van der Waals surface area contributed by atoms with Gasteiger partial charge in [-0.2, -0.15) is 0 Å². The summed E-state index contributed by atoms with van der Waals surface area (Å²) >= 11 is 0. The first kappa shape index (κ1) is 16.8. The molecule has 0 heterocycles. The number of hydrogen-bond acceptors (Lipinski definition) is 1. The third-order valence-corrected chi connectivity index (χ3v) is 3.59. The predicted octanol–water partition coefficient (Wildman–Crippen LogP) is 5.88. The van der Waals surface area contributed by atoms with Gasteiger partial charge < -0.3 is 4.43 Å². The molecule has 0 radical (unpaired) electrons. The van der Waals surface area contributed by atoms with Gasteiger partial charge in [0.15, 0.2) is 0 Å². The molecular weight excluding hydrogens is 224 g/mol. The lowest BCUT2D eigenvalue weighted by atomic mass is 10.1. The molecule has 0 fully saturated rings. The van der Waals surface area contributed by atoms with Crippen molar-refractivity contribution in [2.45, 2.75) is 84.4 Å². The topological polar surface area (TPSA) is 9.23 Å². The van der Waals surface area contributed by atoms with Gasteiger partial charge in [0.05, 0.1) is 6.26 Å². The Labute approximate surface area is 110 Å². The van der Waals surface area contributed by atoms with Crippen molar-refractivity contribution in [2.24, 2.45) is 0 Å². The van der Waals surface area contributed by atoms with Crippen LogP contribution in [-0.4, -0.2) is 8.32 Å². The van der Waals surface area contributed by atoms with Gasteiger partial charge in [-0.05, 0) is 32.5 Å². The molecule has 0 aromatic heterocycles. The van der Waals surface area contributed by atoms with Crippen LogP contribution in [0.3, 0.4) is 0 Å². The van der Waals surface area contributed by atoms with Crippen molar-refractivity contribution >= 4 is 8.32 Å². The largest absolute Gasteiger partial charge is 0.550 e. The number of hydrogen-bond donors (Lipinski definition) is 0. The molecule has 0 rings (SSSR count). The van der Waals surface area contributed by atoms with E-state index in [2.05, 4.69) is 32.6 Å². The van der Waals surface area contributed by atoms with Crippen molar-refractivity contribution in [1.82, 2.24) is 0 Å². The molecule has 0 unspecified atom stereocenters. The van der Waals surface area contributed by atoms with Crippen LogP contribution >= 0.6 is 0 Å². The quantitative estimate of drug-likeness (QED) is 0.255. The van der Waals surface area contributed by atoms with E-state index in [4.69, 9.17) is 4.43 Å². The fraction of sp³-hybridized carbons (Fsp3) is 0.867. The molecule has 0 saturated heterocycles. The van der Waals surface area contributed by atoms with E-state index >= 15 is 0 Å². The highest BCUT2D eigenvalue weighted by Crippen LogP contribution is 2.10. The van der Waals surface area contributed by atoms with Crippen molar-refractivity contribution < 1.29 is 4.43 Å². The Bertz CT molecular complexity index is 182. The van der Waals surface area contributed by atoms with E-state index in [0.717, 1.165) is 0 Å². The van der Waals surface area contributed by atoms with E-state index in [9.17, 15) is 0 Å². The minimum absolute atomic E-state index is 1.18. The van der Waals surface area contributed by atoms with Gasteiger partial charge in [-0.15, -0.1) is 0 Å². The number of unbranched alkanes of at least 4 members (excludes halogenated alkanes) is 8. The minimum Gasteiger partial charge on any atom is -0.550 e. The zero-order valence-corrected chi connectivity index (χ0v) is 13.4. The van der Waals surface area contributed by atoms with E-state index in [1.54, 1.807) is 0 Å². The highest BCUT2D eigenvalue weighted by molar-refractivity contribution is 6.69. The van der Waals surface area contributed by atoms with Crippen LogP contribution in [-0.2, 0) is 4.43 Å². The van der Waals surface area contributed by atoms with Gasteiger partial charge in [-0.25, -0.2) is 0 Å². The molecule has 17 heavy (non-hydrogen) atoms. The van der Waals surface area contributed by atoms with E-state index in [-0.39, 0.29) is 0 Å². The van der Waals surface area contributed by atoms with Crippen LogP contribution < -0.4 is 0 Å². The van der Waals surface area contributed by atoms with Gasteiger partial charge in [0, 0.05) is 0 Å². The van der Waals surface area contributed by atoms with Crippen LogP contribution in [0, 0.1) is 0 Å². The summed E-state index contributed by atoms with van der Waals surface area (Å²) in [5.41, 5.74) is 0. The summed E-state index contributed by atoms with van der Waals surface area (Å²) in [6.07, 6.45) is 16.5. The Hall–Kier alpha value is -0.243. The first-order chi connectivity index (χ1) is 8.06. The van der Waals surface area contributed by atoms with Crippen molar-refractivity contribution in [3.8, 4) is 0 Å². The van der Waals surface area contributed by atoms with Gasteiger partial charge in [0.25, 0.3) is 0 Å². The molecule has 0 saturated carbocycles. The lowest BCUT2D eigenvalue weighted by Gasteiger charge is -2.14. The van der Waals surface area contributed by atoms with Gasteiger partial charge in [0.1, 0.15) is 0 Å². The predicted molar refractivity (Wildman–Crippen MR) is 80.8 cm³/mol. The summed E-state index contributed by atoms with van der Waals surface area (Å²) in [6.45, 7) is 8.92. The summed E-state index contributed by atoms with van der Waals surface area (Å²) < 4.78 is 5.66. The maximum absolute atomic E-state index is 5.66. The molecule has 0 bridgehead atoms. The molecule has 0 aliphatic rings. The molecular formula is C15H32OSi. The molecule has 0 spiro atoms. The standard InChI is InChI=1S/C15H32OSi/c1-5-6-7-8-9-10-11-12-13-14-15-16-17(2,3)4/h14-15H,5-13H2,1-4H3. The first-order valence-electron chi connectivity index (χ1n) is 7.39. The summed E-state index contributed by atoms with van der Waals surface area (Å²) in [5, 5.41) is 0. The molecule has 0 aliphatic carbocycles. The molecule has 0 amide bonds. The minimum atomic E-state index is -1.34. The maximum Gasteiger partial charge on any atom is 0.241 e. The number of allylic oxidation sites excluding steroid dienone is 1. The Balaban J connectivity index is 3.13. The monoisotopic (exact) mass is 256 g/mol. The van der Waals surface area contributed by atoms with E-state index < -0.39 is 8.32 Å².